The molecule has 0 aliphatic carbocycles. The number of halogens is 2. The lowest BCUT2D eigenvalue weighted by Gasteiger charge is -2.16. The molecule has 1 aromatic heterocycles. The number of nitrogens with zero attached hydrogens (tertiary/aromatic N) is 3. The summed E-state index contributed by atoms with van der Waals surface area (Å²) in [6.45, 7) is 4.55. The number of hydrogen-bond acceptors (Lipinski definition) is 4. The second kappa shape index (κ2) is 5.66. The van der Waals surface area contributed by atoms with Crippen molar-refractivity contribution in [3.05, 3.63) is 16.9 Å². The maximum atomic E-state index is 5.96. The van der Waals surface area contributed by atoms with Gasteiger partial charge in [-0.3, -0.25) is 0 Å². The first-order valence-corrected chi connectivity index (χ1v) is 5.52. The minimum absolute atomic E-state index is 0. The topological polar surface area (TPSA) is 55.0 Å². The van der Waals surface area contributed by atoms with Crippen LogP contribution in [0.2, 0.25) is 5.15 Å². The Morgan fingerprint density at radius 1 is 1.62 bits per heavy atom. The first kappa shape index (κ1) is 13.5. The highest BCUT2D eigenvalue weighted by Crippen LogP contribution is 2.21. The van der Waals surface area contributed by atoms with Gasteiger partial charge < -0.3 is 10.6 Å². The van der Waals surface area contributed by atoms with Gasteiger partial charge in [-0.15, -0.1) is 12.4 Å². The van der Waals surface area contributed by atoms with E-state index in [1.807, 2.05) is 6.92 Å². The van der Waals surface area contributed by atoms with Crippen LogP contribution in [0.25, 0.3) is 0 Å². The fraction of sp³-hybridized carbons (Fsp3) is 0.600. The van der Waals surface area contributed by atoms with Gasteiger partial charge in [-0.2, -0.15) is 0 Å². The van der Waals surface area contributed by atoms with Crippen LogP contribution in [-0.4, -0.2) is 29.6 Å². The summed E-state index contributed by atoms with van der Waals surface area (Å²) in [4.78, 5) is 10.7. The van der Waals surface area contributed by atoms with Crippen LogP contribution in [-0.2, 0) is 0 Å². The third-order valence-electron chi connectivity index (χ3n) is 2.80. The molecule has 1 unspecified atom stereocenters. The van der Waals surface area contributed by atoms with Gasteiger partial charge in [-0.05, 0) is 25.8 Å². The minimum Gasteiger partial charge on any atom is -0.340 e. The fourth-order valence-corrected chi connectivity index (χ4v) is 1.90. The molecule has 6 heteroatoms. The van der Waals surface area contributed by atoms with E-state index in [0.29, 0.717) is 11.1 Å². The zero-order valence-electron chi connectivity index (χ0n) is 9.19. The average Bonchev–Trinajstić information content (AvgIpc) is 2.70. The highest BCUT2D eigenvalue weighted by atomic mass is 35.5. The molecule has 1 aromatic rings. The summed E-state index contributed by atoms with van der Waals surface area (Å²) in [5, 5.41) is 0.538. The molecule has 0 saturated carbocycles. The average molecular weight is 263 g/mol. The quantitative estimate of drug-likeness (QED) is 0.824. The summed E-state index contributed by atoms with van der Waals surface area (Å²) in [7, 11) is 0. The van der Waals surface area contributed by atoms with Crippen LogP contribution in [0.1, 0.15) is 12.0 Å². The van der Waals surface area contributed by atoms with Gasteiger partial charge in [0.15, 0.2) is 0 Å². The molecule has 0 radical (unpaired) electrons. The summed E-state index contributed by atoms with van der Waals surface area (Å²) < 4.78 is 0. The molecular weight excluding hydrogens is 247 g/mol. The molecule has 16 heavy (non-hydrogen) atoms. The van der Waals surface area contributed by atoms with E-state index in [4.69, 9.17) is 17.3 Å². The largest absolute Gasteiger partial charge is 0.340 e. The van der Waals surface area contributed by atoms with Crippen molar-refractivity contribution in [1.82, 2.24) is 9.97 Å². The molecular formula is C10H16Cl2N4. The van der Waals surface area contributed by atoms with Crippen molar-refractivity contribution in [3.63, 3.8) is 0 Å². The predicted octanol–water partition coefficient (Wildman–Crippen LogP) is 1.65. The smallest absolute Gasteiger partial charge is 0.226 e. The predicted molar refractivity (Wildman–Crippen MR) is 68.4 cm³/mol. The van der Waals surface area contributed by atoms with Gasteiger partial charge in [-0.1, -0.05) is 11.6 Å². The molecule has 2 N–H and O–H groups in total. The molecule has 4 nitrogen and oxygen atoms in total. The number of hydrogen-bond donors (Lipinski definition) is 1. The molecule has 1 saturated heterocycles. The maximum absolute atomic E-state index is 5.96. The third-order valence-corrected chi connectivity index (χ3v) is 3.18. The Morgan fingerprint density at radius 3 is 2.94 bits per heavy atom. The van der Waals surface area contributed by atoms with Crippen molar-refractivity contribution < 1.29 is 0 Å². The van der Waals surface area contributed by atoms with Crippen molar-refractivity contribution in [1.29, 1.82) is 0 Å². The molecule has 0 aromatic carbocycles. The summed E-state index contributed by atoms with van der Waals surface area (Å²) in [6, 6.07) is 0. The first-order chi connectivity index (χ1) is 7.20. The summed E-state index contributed by atoms with van der Waals surface area (Å²) in [5.41, 5.74) is 6.55. The van der Waals surface area contributed by atoms with E-state index in [1.54, 1.807) is 6.20 Å². The van der Waals surface area contributed by atoms with E-state index in [-0.39, 0.29) is 12.4 Å². The van der Waals surface area contributed by atoms with E-state index < -0.39 is 0 Å². The van der Waals surface area contributed by atoms with Gasteiger partial charge in [-0.25, -0.2) is 9.97 Å². The lowest BCUT2D eigenvalue weighted by Crippen LogP contribution is -2.24. The normalized spacial score (nSPS) is 19.7. The van der Waals surface area contributed by atoms with Crippen LogP contribution in [0, 0.1) is 12.8 Å². The SMILES string of the molecule is Cc1cnc(N2CCC(CN)C2)nc1Cl.Cl. The number of aryl methyl sites for hydroxylation is 1. The molecule has 0 bridgehead atoms. The zero-order valence-corrected chi connectivity index (χ0v) is 10.8. The maximum Gasteiger partial charge on any atom is 0.226 e. The van der Waals surface area contributed by atoms with E-state index in [2.05, 4.69) is 14.9 Å². The summed E-state index contributed by atoms with van der Waals surface area (Å²) in [5.74, 6) is 1.29. The molecule has 0 spiro atoms. The van der Waals surface area contributed by atoms with Gasteiger partial charge in [0.1, 0.15) is 5.15 Å². The van der Waals surface area contributed by atoms with E-state index in [9.17, 15) is 0 Å². The Labute approximate surface area is 107 Å². The Bertz CT molecular complexity index is 359. The number of nitrogens with two attached hydrogens (primary N) is 1. The second-order valence-electron chi connectivity index (χ2n) is 3.98. The van der Waals surface area contributed by atoms with Crippen molar-refractivity contribution in [2.75, 3.05) is 24.5 Å². The highest BCUT2D eigenvalue weighted by molar-refractivity contribution is 6.30. The molecule has 2 heterocycles. The van der Waals surface area contributed by atoms with Crippen molar-refractivity contribution >= 4 is 30.0 Å². The molecule has 1 fully saturated rings. The van der Waals surface area contributed by atoms with Crippen molar-refractivity contribution in [2.24, 2.45) is 11.7 Å². The second-order valence-corrected chi connectivity index (χ2v) is 4.34. The number of aromatic nitrogens is 2. The van der Waals surface area contributed by atoms with E-state index in [0.717, 1.165) is 37.6 Å². The van der Waals surface area contributed by atoms with Crippen molar-refractivity contribution in [2.45, 2.75) is 13.3 Å². The third kappa shape index (κ3) is 2.75. The lowest BCUT2D eigenvalue weighted by atomic mass is 10.1. The van der Waals surface area contributed by atoms with Gasteiger partial charge in [0.05, 0.1) is 0 Å². The first-order valence-electron chi connectivity index (χ1n) is 5.15. The highest BCUT2D eigenvalue weighted by Gasteiger charge is 2.23. The Morgan fingerprint density at radius 2 is 2.38 bits per heavy atom. The van der Waals surface area contributed by atoms with Gasteiger partial charge >= 0.3 is 0 Å². The van der Waals surface area contributed by atoms with Crippen LogP contribution in [0.3, 0.4) is 0 Å². The Hall–Kier alpha value is -0.580. The van der Waals surface area contributed by atoms with Gasteiger partial charge in [0.2, 0.25) is 5.95 Å². The molecule has 1 aliphatic rings. The van der Waals surface area contributed by atoms with Crippen LogP contribution < -0.4 is 10.6 Å². The minimum atomic E-state index is 0. The zero-order chi connectivity index (χ0) is 10.8. The molecule has 1 atom stereocenters. The van der Waals surface area contributed by atoms with Crippen LogP contribution in [0.15, 0.2) is 6.20 Å². The molecule has 1 aliphatic heterocycles. The van der Waals surface area contributed by atoms with Crippen LogP contribution >= 0.6 is 24.0 Å². The standard InChI is InChI=1S/C10H15ClN4.ClH/c1-7-5-13-10(14-9(7)11)15-3-2-8(4-12)6-15;/h5,8H,2-4,6,12H2,1H3;1H. The van der Waals surface area contributed by atoms with E-state index in [1.165, 1.54) is 0 Å². The number of anilines is 1. The Balaban J connectivity index is 0.00000128. The van der Waals surface area contributed by atoms with Gasteiger partial charge in [0.25, 0.3) is 0 Å². The number of rotatable bonds is 2. The molecule has 0 amide bonds. The summed E-state index contributed by atoms with van der Waals surface area (Å²) in [6.07, 6.45) is 2.88. The van der Waals surface area contributed by atoms with Crippen LogP contribution in [0.4, 0.5) is 5.95 Å². The fourth-order valence-electron chi connectivity index (χ4n) is 1.77. The van der Waals surface area contributed by atoms with E-state index >= 15 is 0 Å². The van der Waals surface area contributed by atoms with Crippen molar-refractivity contribution in [3.8, 4) is 0 Å². The summed E-state index contributed by atoms with van der Waals surface area (Å²) >= 11 is 5.96. The van der Waals surface area contributed by atoms with Gasteiger partial charge in [0, 0.05) is 24.8 Å². The molecule has 2 rings (SSSR count). The molecule has 90 valence electrons. The monoisotopic (exact) mass is 262 g/mol. The Kier molecular flexibility index (Phi) is 4.77. The van der Waals surface area contributed by atoms with Crippen LogP contribution in [0.5, 0.6) is 0 Å². The lowest BCUT2D eigenvalue weighted by molar-refractivity contribution is 0.602.